The molecule has 1 atom stereocenters. The monoisotopic (exact) mass is 376 g/mol. The summed E-state index contributed by atoms with van der Waals surface area (Å²) in [5, 5.41) is 3.04. The zero-order chi connectivity index (χ0) is 19.1. The van der Waals surface area contributed by atoms with E-state index >= 15 is 0 Å². The Labute approximate surface area is 157 Å². The third kappa shape index (κ3) is 5.13. The number of nitrogens with two attached hydrogens (primary N) is 1. The summed E-state index contributed by atoms with van der Waals surface area (Å²) in [6.45, 7) is 2.17. The summed E-state index contributed by atoms with van der Waals surface area (Å²) < 4.78 is 10.5. The van der Waals surface area contributed by atoms with Gasteiger partial charge in [-0.3, -0.25) is 9.59 Å². The lowest BCUT2D eigenvalue weighted by molar-refractivity contribution is -0.119. The summed E-state index contributed by atoms with van der Waals surface area (Å²) in [6.07, 6.45) is 0. The molecule has 2 aromatic carbocycles. The Hall–Kier alpha value is -2.73. The van der Waals surface area contributed by atoms with E-state index in [4.69, 9.17) is 26.8 Å². The number of halogens is 1. The van der Waals surface area contributed by atoms with Crippen molar-refractivity contribution >= 4 is 23.4 Å². The van der Waals surface area contributed by atoms with Gasteiger partial charge in [0.1, 0.15) is 0 Å². The summed E-state index contributed by atoms with van der Waals surface area (Å²) >= 11 is 6.16. The third-order valence-electron chi connectivity index (χ3n) is 3.79. The molecule has 0 aliphatic heterocycles. The molecule has 2 amide bonds. The minimum Gasteiger partial charge on any atom is -0.493 e. The lowest BCUT2D eigenvalue weighted by Gasteiger charge is -2.15. The van der Waals surface area contributed by atoms with Gasteiger partial charge in [0, 0.05) is 12.1 Å². The smallest absolute Gasteiger partial charge is 0.255 e. The van der Waals surface area contributed by atoms with E-state index < -0.39 is 5.91 Å². The van der Waals surface area contributed by atoms with Crippen LogP contribution in [-0.4, -0.2) is 32.1 Å². The maximum absolute atomic E-state index is 12.4. The second-order valence-corrected chi connectivity index (χ2v) is 6.17. The highest BCUT2D eigenvalue weighted by Crippen LogP contribution is 2.36. The van der Waals surface area contributed by atoms with Crippen LogP contribution in [-0.2, 0) is 4.79 Å². The molecule has 0 heterocycles. The Morgan fingerprint density at radius 1 is 1.23 bits per heavy atom. The summed E-state index contributed by atoms with van der Waals surface area (Å²) in [5.74, 6) is -0.341. The van der Waals surface area contributed by atoms with E-state index in [1.54, 1.807) is 0 Å². The third-order valence-corrected chi connectivity index (χ3v) is 4.07. The zero-order valence-corrected chi connectivity index (χ0v) is 15.4. The number of rotatable bonds is 8. The standard InChI is InChI=1S/C19H21ClN2O4/c1-12(13-6-4-3-5-7-13)10-22-19(24)14-8-15(20)18(16(9-14)25-2)26-11-17(21)23/h3-9,12H,10-11H2,1-2H3,(H2,21,23)(H,22,24)/t12-/m1/s1. The second kappa shape index (κ2) is 9.10. The van der Waals surface area contributed by atoms with Gasteiger partial charge in [-0.25, -0.2) is 0 Å². The van der Waals surface area contributed by atoms with E-state index in [0.717, 1.165) is 5.56 Å². The Morgan fingerprint density at radius 3 is 2.54 bits per heavy atom. The van der Waals surface area contributed by atoms with Gasteiger partial charge < -0.3 is 20.5 Å². The first-order valence-electron chi connectivity index (χ1n) is 8.04. The van der Waals surface area contributed by atoms with Gasteiger partial charge in [-0.05, 0) is 23.6 Å². The number of hydrogen-bond acceptors (Lipinski definition) is 4. The largest absolute Gasteiger partial charge is 0.493 e. The number of benzene rings is 2. The number of carbonyl (C=O) groups excluding carboxylic acids is 2. The first-order valence-corrected chi connectivity index (χ1v) is 8.42. The van der Waals surface area contributed by atoms with Gasteiger partial charge in [-0.2, -0.15) is 0 Å². The number of nitrogens with one attached hydrogen (secondary N) is 1. The van der Waals surface area contributed by atoms with E-state index in [2.05, 4.69) is 5.32 Å². The van der Waals surface area contributed by atoms with Gasteiger partial charge in [-0.1, -0.05) is 48.9 Å². The number of amides is 2. The quantitative estimate of drug-likeness (QED) is 0.741. The molecule has 3 N–H and O–H groups in total. The van der Waals surface area contributed by atoms with Crippen molar-refractivity contribution in [2.45, 2.75) is 12.8 Å². The van der Waals surface area contributed by atoms with Crippen LogP contribution in [0.3, 0.4) is 0 Å². The molecular weight excluding hydrogens is 356 g/mol. The molecule has 0 aromatic heterocycles. The normalized spacial score (nSPS) is 11.5. The molecule has 0 spiro atoms. The highest BCUT2D eigenvalue weighted by atomic mass is 35.5. The lowest BCUT2D eigenvalue weighted by Crippen LogP contribution is -2.27. The van der Waals surface area contributed by atoms with E-state index in [-0.39, 0.29) is 35.0 Å². The van der Waals surface area contributed by atoms with Crippen LogP contribution in [0, 0.1) is 0 Å². The topological polar surface area (TPSA) is 90.7 Å². The lowest BCUT2D eigenvalue weighted by atomic mass is 10.0. The molecule has 0 saturated heterocycles. The number of hydrogen-bond donors (Lipinski definition) is 2. The number of primary amides is 1. The van der Waals surface area contributed by atoms with Crippen molar-refractivity contribution in [3.05, 3.63) is 58.6 Å². The SMILES string of the molecule is COc1cc(C(=O)NC[C@@H](C)c2ccccc2)cc(Cl)c1OCC(N)=O. The van der Waals surface area contributed by atoms with Crippen LogP contribution in [0.4, 0.5) is 0 Å². The number of ether oxygens (including phenoxy) is 2. The van der Waals surface area contributed by atoms with Crippen LogP contribution in [0.25, 0.3) is 0 Å². The fraction of sp³-hybridized carbons (Fsp3) is 0.263. The molecule has 2 aromatic rings. The van der Waals surface area contributed by atoms with Gasteiger partial charge in [0.25, 0.3) is 11.8 Å². The van der Waals surface area contributed by atoms with Crippen LogP contribution in [0.1, 0.15) is 28.8 Å². The average molecular weight is 377 g/mol. The van der Waals surface area contributed by atoms with Crippen molar-refractivity contribution in [3.63, 3.8) is 0 Å². The molecular formula is C19H21ClN2O4. The van der Waals surface area contributed by atoms with Gasteiger partial charge in [-0.15, -0.1) is 0 Å². The Balaban J connectivity index is 2.08. The number of carbonyl (C=O) groups is 2. The van der Waals surface area contributed by atoms with Gasteiger partial charge in [0.05, 0.1) is 12.1 Å². The van der Waals surface area contributed by atoms with Crippen LogP contribution in [0.15, 0.2) is 42.5 Å². The maximum Gasteiger partial charge on any atom is 0.255 e. The minimum absolute atomic E-state index is 0.159. The summed E-state index contributed by atoms with van der Waals surface area (Å²) in [4.78, 5) is 23.3. The van der Waals surface area contributed by atoms with Crippen molar-refractivity contribution < 1.29 is 19.1 Å². The molecule has 138 valence electrons. The Morgan fingerprint density at radius 2 is 1.92 bits per heavy atom. The predicted molar refractivity (Wildman–Crippen MR) is 99.9 cm³/mol. The van der Waals surface area contributed by atoms with Crippen molar-refractivity contribution in [1.82, 2.24) is 5.32 Å². The second-order valence-electron chi connectivity index (χ2n) is 5.77. The molecule has 0 unspecified atom stereocenters. The van der Waals surface area contributed by atoms with Crippen molar-refractivity contribution in [3.8, 4) is 11.5 Å². The van der Waals surface area contributed by atoms with Crippen LogP contribution in [0.5, 0.6) is 11.5 Å². The zero-order valence-electron chi connectivity index (χ0n) is 14.6. The molecule has 7 heteroatoms. The molecule has 26 heavy (non-hydrogen) atoms. The predicted octanol–water partition coefficient (Wildman–Crippen LogP) is 2.75. The molecule has 0 aliphatic rings. The van der Waals surface area contributed by atoms with Crippen molar-refractivity contribution in [2.75, 3.05) is 20.3 Å². The van der Waals surface area contributed by atoms with Crippen LogP contribution in [0.2, 0.25) is 5.02 Å². The van der Waals surface area contributed by atoms with E-state index in [1.165, 1.54) is 19.2 Å². The molecule has 2 rings (SSSR count). The molecule has 0 aliphatic carbocycles. The van der Waals surface area contributed by atoms with Gasteiger partial charge >= 0.3 is 0 Å². The molecule has 6 nitrogen and oxygen atoms in total. The van der Waals surface area contributed by atoms with E-state index in [9.17, 15) is 9.59 Å². The fourth-order valence-corrected chi connectivity index (χ4v) is 2.65. The summed E-state index contributed by atoms with van der Waals surface area (Å²) in [5.41, 5.74) is 6.53. The average Bonchev–Trinajstić information content (AvgIpc) is 2.64. The van der Waals surface area contributed by atoms with Crippen molar-refractivity contribution in [1.29, 1.82) is 0 Å². The molecule has 0 radical (unpaired) electrons. The minimum atomic E-state index is -0.639. The van der Waals surface area contributed by atoms with Gasteiger partial charge in [0.15, 0.2) is 18.1 Å². The molecule has 0 fully saturated rings. The van der Waals surface area contributed by atoms with Crippen molar-refractivity contribution in [2.24, 2.45) is 5.73 Å². The first-order chi connectivity index (χ1) is 12.4. The van der Waals surface area contributed by atoms with Gasteiger partial charge in [0.2, 0.25) is 0 Å². The maximum atomic E-state index is 12.4. The Kier molecular flexibility index (Phi) is 6.86. The first kappa shape index (κ1) is 19.6. The van der Waals surface area contributed by atoms with Crippen LogP contribution < -0.4 is 20.5 Å². The fourth-order valence-electron chi connectivity index (χ4n) is 2.38. The molecule has 0 saturated carbocycles. The van der Waals surface area contributed by atoms with E-state index in [0.29, 0.717) is 12.1 Å². The molecule has 0 bridgehead atoms. The highest BCUT2D eigenvalue weighted by Gasteiger charge is 2.17. The summed E-state index contributed by atoms with van der Waals surface area (Å²) in [6, 6.07) is 12.9. The highest BCUT2D eigenvalue weighted by molar-refractivity contribution is 6.32. The Bertz CT molecular complexity index is 781. The summed E-state index contributed by atoms with van der Waals surface area (Å²) in [7, 11) is 1.42. The number of methoxy groups -OCH3 is 1. The van der Waals surface area contributed by atoms with Crippen LogP contribution >= 0.6 is 11.6 Å². The van der Waals surface area contributed by atoms with E-state index in [1.807, 2.05) is 37.3 Å².